The Balaban J connectivity index is 1.56. The van der Waals surface area contributed by atoms with Crippen molar-refractivity contribution in [2.24, 2.45) is 0 Å². The highest BCUT2D eigenvalue weighted by molar-refractivity contribution is 5.94. The van der Waals surface area contributed by atoms with E-state index >= 15 is 0 Å². The van der Waals surface area contributed by atoms with Gasteiger partial charge in [0.2, 0.25) is 0 Å². The number of hydrogen-bond donors (Lipinski definition) is 1. The Bertz CT molecular complexity index is 1050. The number of benzene rings is 2. The van der Waals surface area contributed by atoms with Crippen LogP contribution in [-0.4, -0.2) is 34.3 Å². The molecule has 1 heterocycles. The van der Waals surface area contributed by atoms with Crippen LogP contribution >= 0.6 is 0 Å². The molecular weight excluding hydrogens is 388 g/mol. The molecule has 0 radical (unpaired) electrons. The van der Waals surface area contributed by atoms with E-state index in [0.717, 1.165) is 5.56 Å². The first-order valence-corrected chi connectivity index (χ1v) is 9.29. The topological polar surface area (TPSA) is 109 Å². The van der Waals surface area contributed by atoms with E-state index in [1.807, 2.05) is 30.3 Å². The average molecular weight is 410 g/mol. The lowest BCUT2D eigenvalue weighted by Gasteiger charge is -2.11. The highest BCUT2D eigenvalue weighted by Gasteiger charge is 2.15. The molecule has 0 unspecified atom stereocenters. The zero-order valence-electron chi connectivity index (χ0n) is 16.7. The summed E-state index contributed by atoms with van der Waals surface area (Å²) >= 11 is 0. The minimum Gasteiger partial charge on any atom is -0.493 e. The predicted molar refractivity (Wildman–Crippen MR) is 110 cm³/mol. The summed E-state index contributed by atoms with van der Waals surface area (Å²) in [6.45, 7) is 2.65. The van der Waals surface area contributed by atoms with Crippen molar-refractivity contribution in [2.75, 3.05) is 13.7 Å². The van der Waals surface area contributed by atoms with E-state index in [2.05, 4.69) is 10.4 Å². The van der Waals surface area contributed by atoms with E-state index in [9.17, 15) is 14.9 Å². The first-order valence-electron chi connectivity index (χ1n) is 9.29. The van der Waals surface area contributed by atoms with Crippen LogP contribution in [0, 0.1) is 17.0 Å². The number of aryl methyl sites for hydroxylation is 1. The smallest absolute Gasteiger partial charge is 0.390 e. The summed E-state index contributed by atoms with van der Waals surface area (Å²) in [6.07, 6.45) is 0. The molecule has 0 aliphatic carbocycles. The Labute approximate surface area is 173 Å². The lowest BCUT2D eigenvalue weighted by molar-refractivity contribution is -0.389. The molecule has 1 N–H and O–H groups in total. The van der Waals surface area contributed by atoms with Crippen LogP contribution in [0.25, 0.3) is 0 Å². The molecule has 1 aromatic heterocycles. The average Bonchev–Trinajstić information content (AvgIpc) is 3.13. The van der Waals surface area contributed by atoms with Gasteiger partial charge < -0.3 is 24.9 Å². The van der Waals surface area contributed by atoms with Crippen molar-refractivity contribution in [3.05, 3.63) is 81.5 Å². The maximum atomic E-state index is 12.5. The number of aromatic nitrogens is 2. The summed E-state index contributed by atoms with van der Waals surface area (Å²) in [4.78, 5) is 22.7. The highest BCUT2D eigenvalue weighted by Crippen LogP contribution is 2.26. The van der Waals surface area contributed by atoms with Crippen LogP contribution in [0.5, 0.6) is 11.5 Å². The second-order valence-electron chi connectivity index (χ2n) is 6.52. The number of nitro groups is 1. The van der Waals surface area contributed by atoms with E-state index in [0.29, 0.717) is 35.8 Å². The first-order chi connectivity index (χ1) is 14.5. The van der Waals surface area contributed by atoms with E-state index in [1.54, 1.807) is 32.2 Å². The van der Waals surface area contributed by atoms with Gasteiger partial charge in [0.05, 0.1) is 30.5 Å². The molecule has 30 heavy (non-hydrogen) atoms. The number of methoxy groups -OCH3 is 1. The van der Waals surface area contributed by atoms with Gasteiger partial charge in [-0.15, -0.1) is 0 Å². The van der Waals surface area contributed by atoms with Crippen LogP contribution in [0.15, 0.2) is 54.6 Å². The predicted octanol–water partition coefficient (Wildman–Crippen LogP) is 3.12. The van der Waals surface area contributed by atoms with Gasteiger partial charge in [-0.2, -0.15) is 4.68 Å². The molecule has 0 aliphatic rings. The molecule has 0 atom stereocenters. The van der Waals surface area contributed by atoms with Gasteiger partial charge in [0.15, 0.2) is 11.5 Å². The molecule has 3 rings (SSSR count). The number of nitrogens with one attached hydrogen (secondary N) is 1. The fourth-order valence-corrected chi connectivity index (χ4v) is 2.89. The molecule has 1 amide bonds. The van der Waals surface area contributed by atoms with Crippen molar-refractivity contribution in [2.45, 2.75) is 20.1 Å². The summed E-state index contributed by atoms with van der Waals surface area (Å²) in [5.41, 5.74) is 2.00. The van der Waals surface area contributed by atoms with Crippen LogP contribution in [0.3, 0.4) is 0 Å². The van der Waals surface area contributed by atoms with Crippen LogP contribution < -0.4 is 14.8 Å². The molecule has 0 saturated heterocycles. The third-order valence-corrected chi connectivity index (χ3v) is 4.42. The van der Waals surface area contributed by atoms with Crippen molar-refractivity contribution >= 4 is 11.7 Å². The Morgan fingerprint density at radius 3 is 2.63 bits per heavy atom. The Hall–Kier alpha value is -3.88. The van der Waals surface area contributed by atoms with Crippen LogP contribution in [0.1, 0.15) is 21.6 Å². The number of rotatable bonds is 9. The van der Waals surface area contributed by atoms with Crippen molar-refractivity contribution < 1.29 is 19.2 Å². The molecule has 0 spiro atoms. The lowest BCUT2D eigenvalue weighted by Crippen LogP contribution is -2.27. The van der Waals surface area contributed by atoms with Gasteiger partial charge in [0.25, 0.3) is 5.91 Å². The van der Waals surface area contributed by atoms with Crippen LogP contribution in [-0.2, 0) is 13.2 Å². The first kappa shape index (κ1) is 20.8. The molecular formula is C21H22N4O5. The minimum absolute atomic E-state index is 0.207. The molecule has 156 valence electrons. The van der Waals surface area contributed by atoms with Gasteiger partial charge >= 0.3 is 5.82 Å². The summed E-state index contributed by atoms with van der Waals surface area (Å²) in [6, 6.07) is 15.9. The van der Waals surface area contributed by atoms with Gasteiger partial charge in [0.1, 0.15) is 6.61 Å². The summed E-state index contributed by atoms with van der Waals surface area (Å²) in [7, 11) is 1.58. The molecule has 9 nitrogen and oxygen atoms in total. The second-order valence-corrected chi connectivity index (χ2v) is 6.52. The Morgan fingerprint density at radius 2 is 1.93 bits per heavy atom. The van der Waals surface area contributed by atoms with Crippen molar-refractivity contribution in [3.8, 4) is 11.5 Å². The van der Waals surface area contributed by atoms with E-state index in [-0.39, 0.29) is 18.3 Å². The molecule has 3 aromatic rings. The van der Waals surface area contributed by atoms with Gasteiger partial charge in [-0.3, -0.25) is 4.79 Å². The number of ether oxygens (including phenoxy) is 2. The summed E-state index contributed by atoms with van der Waals surface area (Å²) in [5, 5.41) is 17.5. The van der Waals surface area contributed by atoms with Gasteiger partial charge in [-0.25, -0.2) is 0 Å². The number of carbonyl (C=O) groups is 1. The standard InChI is InChI=1S/C21H22N4O5/c1-15-12-20(25(27)28)23-24(15)11-10-22-21(26)17-7-5-6-16(13-17)14-30-19-9-4-3-8-18(19)29-2/h3-9,12-13H,10-11,14H2,1-2H3,(H,22,26). The fraction of sp³-hybridized carbons (Fsp3) is 0.238. The SMILES string of the molecule is COc1ccccc1OCc1cccc(C(=O)NCCn2nc([N+](=O)[O-])cc2C)c1. The third kappa shape index (κ3) is 5.13. The largest absolute Gasteiger partial charge is 0.493 e. The molecule has 0 bridgehead atoms. The third-order valence-electron chi connectivity index (χ3n) is 4.42. The second kappa shape index (κ2) is 9.55. The number of hydrogen-bond acceptors (Lipinski definition) is 6. The van der Waals surface area contributed by atoms with Crippen LogP contribution in [0.4, 0.5) is 5.82 Å². The molecule has 0 fully saturated rings. The van der Waals surface area contributed by atoms with Crippen LogP contribution in [0.2, 0.25) is 0 Å². The maximum Gasteiger partial charge on any atom is 0.390 e. The van der Waals surface area contributed by atoms with Gasteiger partial charge in [-0.1, -0.05) is 24.3 Å². The fourth-order valence-electron chi connectivity index (χ4n) is 2.89. The zero-order valence-corrected chi connectivity index (χ0v) is 16.7. The number of nitrogens with zero attached hydrogens (tertiary/aromatic N) is 3. The summed E-state index contributed by atoms with van der Waals surface area (Å²) in [5.74, 6) is 0.814. The quantitative estimate of drug-likeness (QED) is 0.429. The van der Waals surface area contributed by atoms with E-state index in [1.165, 1.54) is 10.7 Å². The summed E-state index contributed by atoms with van der Waals surface area (Å²) < 4.78 is 12.6. The number of amides is 1. The molecule has 9 heteroatoms. The van der Waals surface area contributed by atoms with Crippen molar-refractivity contribution in [1.29, 1.82) is 0 Å². The maximum absolute atomic E-state index is 12.5. The Morgan fingerprint density at radius 1 is 1.17 bits per heavy atom. The lowest BCUT2D eigenvalue weighted by atomic mass is 10.1. The monoisotopic (exact) mass is 410 g/mol. The normalized spacial score (nSPS) is 10.5. The number of para-hydroxylation sites is 2. The van der Waals surface area contributed by atoms with Crippen molar-refractivity contribution in [3.63, 3.8) is 0 Å². The number of carbonyl (C=O) groups excluding carboxylic acids is 1. The molecule has 0 saturated carbocycles. The highest BCUT2D eigenvalue weighted by atomic mass is 16.6. The molecule has 0 aliphatic heterocycles. The van der Waals surface area contributed by atoms with Crippen molar-refractivity contribution in [1.82, 2.24) is 15.1 Å². The zero-order chi connectivity index (χ0) is 21.5. The van der Waals surface area contributed by atoms with E-state index < -0.39 is 4.92 Å². The van der Waals surface area contributed by atoms with Gasteiger partial charge in [0, 0.05) is 12.1 Å². The minimum atomic E-state index is -0.541. The van der Waals surface area contributed by atoms with Gasteiger partial charge in [-0.05, 0) is 41.7 Å². The molecule has 2 aromatic carbocycles. The van der Waals surface area contributed by atoms with E-state index in [4.69, 9.17) is 9.47 Å². The Kier molecular flexibility index (Phi) is 6.63.